The fourth-order valence-corrected chi connectivity index (χ4v) is 2.72. The van der Waals surface area contributed by atoms with Gasteiger partial charge in [0, 0.05) is 19.2 Å². The summed E-state index contributed by atoms with van der Waals surface area (Å²) >= 11 is 0. The molecule has 1 unspecified atom stereocenters. The van der Waals surface area contributed by atoms with E-state index in [1.807, 2.05) is 10.8 Å². The van der Waals surface area contributed by atoms with Crippen LogP contribution in [-0.4, -0.2) is 9.55 Å². The molecule has 1 aromatic heterocycles. The summed E-state index contributed by atoms with van der Waals surface area (Å²) < 4.78 is 40.1. The van der Waals surface area contributed by atoms with Gasteiger partial charge in [-0.1, -0.05) is 18.2 Å². The van der Waals surface area contributed by atoms with Gasteiger partial charge in [-0.2, -0.15) is 13.2 Å². The smallest absolute Gasteiger partial charge is 0.333 e. The Hall–Kier alpha value is -1.82. The number of aryl methyl sites for hydroxylation is 1. The number of halogens is 3. The monoisotopic (exact) mass is 295 g/mol. The largest absolute Gasteiger partial charge is 0.416 e. The number of fused-ring (bicyclic) bond motifs is 1. The quantitative estimate of drug-likeness (QED) is 0.924. The molecule has 0 saturated carbocycles. The van der Waals surface area contributed by atoms with Crippen molar-refractivity contribution in [2.24, 2.45) is 5.73 Å². The number of nitrogens with zero attached hydrogens (tertiary/aromatic N) is 2. The second kappa shape index (κ2) is 5.18. The molecule has 0 bridgehead atoms. The molecule has 6 heteroatoms. The van der Waals surface area contributed by atoms with Crippen molar-refractivity contribution in [2.75, 3.05) is 0 Å². The summed E-state index contributed by atoms with van der Waals surface area (Å²) in [4.78, 5) is 4.48. The summed E-state index contributed by atoms with van der Waals surface area (Å²) in [5.41, 5.74) is 6.75. The molecule has 2 heterocycles. The van der Waals surface area contributed by atoms with Gasteiger partial charge in [-0.15, -0.1) is 0 Å². The maximum Gasteiger partial charge on any atom is 0.416 e. The van der Waals surface area contributed by atoms with Crippen LogP contribution in [0.5, 0.6) is 0 Å². The van der Waals surface area contributed by atoms with Gasteiger partial charge in [-0.3, -0.25) is 0 Å². The first kappa shape index (κ1) is 14.1. The predicted molar refractivity (Wildman–Crippen MR) is 72.6 cm³/mol. The maximum atomic E-state index is 12.7. The van der Waals surface area contributed by atoms with E-state index in [0.717, 1.165) is 37.0 Å². The van der Waals surface area contributed by atoms with Gasteiger partial charge in [-0.05, 0) is 24.5 Å². The summed E-state index contributed by atoms with van der Waals surface area (Å²) in [7, 11) is 0. The van der Waals surface area contributed by atoms with Gasteiger partial charge in [0.05, 0.1) is 17.3 Å². The number of nitrogens with two attached hydrogens (primary N) is 1. The van der Waals surface area contributed by atoms with Crippen molar-refractivity contribution in [3.8, 4) is 0 Å². The minimum absolute atomic E-state index is 0.0750. The molecule has 0 saturated heterocycles. The average molecular weight is 295 g/mol. The number of rotatable bonds is 2. The molecule has 1 aromatic carbocycles. The van der Waals surface area contributed by atoms with E-state index in [-0.39, 0.29) is 6.04 Å². The fraction of sp³-hybridized carbons (Fsp3) is 0.400. The van der Waals surface area contributed by atoms with Crippen molar-refractivity contribution in [1.29, 1.82) is 0 Å². The van der Waals surface area contributed by atoms with Gasteiger partial charge in [0.15, 0.2) is 0 Å². The van der Waals surface area contributed by atoms with E-state index in [2.05, 4.69) is 4.98 Å². The lowest BCUT2D eigenvalue weighted by molar-refractivity contribution is -0.137. The number of aromatic nitrogens is 2. The second-order valence-electron chi connectivity index (χ2n) is 5.41. The zero-order valence-electron chi connectivity index (χ0n) is 11.4. The Labute approximate surface area is 120 Å². The van der Waals surface area contributed by atoms with Gasteiger partial charge in [0.1, 0.15) is 5.82 Å². The van der Waals surface area contributed by atoms with Crippen LogP contribution in [0.15, 0.2) is 30.5 Å². The second-order valence-corrected chi connectivity index (χ2v) is 5.41. The van der Waals surface area contributed by atoms with E-state index in [9.17, 15) is 13.2 Å². The fourth-order valence-electron chi connectivity index (χ4n) is 2.72. The number of hydrogen-bond acceptors (Lipinski definition) is 2. The van der Waals surface area contributed by atoms with Crippen molar-refractivity contribution in [3.05, 3.63) is 53.1 Å². The van der Waals surface area contributed by atoms with Crippen LogP contribution in [0.1, 0.15) is 41.5 Å². The average Bonchev–Trinajstić information content (AvgIpc) is 2.82. The summed E-state index contributed by atoms with van der Waals surface area (Å²) in [6, 6.07) is 5.30. The highest BCUT2D eigenvalue weighted by molar-refractivity contribution is 5.29. The molecule has 0 spiro atoms. The topological polar surface area (TPSA) is 43.8 Å². The number of imidazole rings is 1. The molecule has 0 amide bonds. The molecule has 0 radical (unpaired) electrons. The molecule has 2 N–H and O–H groups in total. The molecule has 1 atom stereocenters. The normalized spacial score (nSPS) is 18.6. The van der Waals surface area contributed by atoms with Crippen molar-refractivity contribution in [3.63, 3.8) is 0 Å². The van der Waals surface area contributed by atoms with Crippen LogP contribution in [-0.2, 0) is 19.1 Å². The van der Waals surface area contributed by atoms with E-state index >= 15 is 0 Å². The molecule has 3 nitrogen and oxygen atoms in total. The summed E-state index contributed by atoms with van der Waals surface area (Å²) in [5, 5.41) is 0. The molecule has 2 aromatic rings. The predicted octanol–water partition coefficient (Wildman–Crippen LogP) is 3.29. The first-order valence-electron chi connectivity index (χ1n) is 6.91. The van der Waals surface area contributed by atoms with Crippen molar-refractivity contribution < 1.29 is 13.2 Å². The highest BCUT2D eigenvalue weighted by Gasteiger charge is 2.30. The first-order chi connectivity index (χ1) is 9.93. The third-order valence-corrected chi connectivity index (χ3v) is 3.74. The maximum absolute atomic E-state index is 12.7. The van der Waals surface area contributed by atoms with Gasteiger partial charge in [0.2, 0.25) is 0 Å². The van der Waals surface area contributed by atoms with Crippen LogP contribution in [0.4, 0.5) is 13.2 Å². The highest BCUT2D eigenvalue weighted by Crippen LogP contribution is 2.30. The molecule has 1 aliphatic heterocycles. The van der Waals surface area contributed by atoms with E-state index in [1.165, 1.54) is 12.1 Å². The Balaban J connectivity index is 1.84. The van der Waals surface area contributed by atoms with Gasteiger partial charge >= 0.3 is 6.18 Å². The Morgan fingerprint density at radius 2 is 2.14 bits per heavy atom. The number of alkyl halides is 3. The van der Waals surface area contributed by atoms with E-state index in [0.29, 0.717) is 12.0 Å². The standard InChI is InChI=1S/C15H16F3N3/c16-15(17,18)11-4-1-3-10(7-11)8-12-9-21-6-2-5-13(19)14(21)20-12/h1,3-4,7,9,13H,2,5-6,8,19H2. The highest BCUT2D eigenvalue weighted by atomic mass is 19.4. The van der Waals surface area contributed by atoms with Gasteiger partial charge < -0.3 is 10.3 Å². The molecule has 21 heavy (non-hydrogen) atoms. The SMILES string of the molecule is NC1CCCn2cc(Cc3cccc(C(F)(F)F)c3)nc21. The number of hydrogen-bond donors (Lipinski definition) is 1. The van der Waals surface area contributed by atoms with E-state index in [4.69, 9.17) is 5.73 Å². The Morgan fingerprint density at radius 3 is 2.86 bits per heavy atom. The van der Waals surface area contributed by atoms with Gasteiger partial charge in [0.25, 0.3) is 0 Å². The van der Waals surface area contributed by atoms with Crippen molar-refractivity contribution in [1.82, 2.24) is 9.55 Å². The van der Waals surface area contributed by atoms with Crippen LogP contribution in [0.3, 0.4) is 0 Å². The Kier molecular flexibility index (Phi) is 3.49. The van der Waals surface area contributed by atoms with Crippen LogP contribution >= 0.6 is 0 Å². The zero-order valence-corrected chi connectivity index (χ0v) is 11.4. The third-order valence-electron chi connectivity index (χ3n) is 3.74. The van der Waals surface area contributed by atoms with Gasteiger partial charge in [-0.25, -0.2) is 4.98 Å². The van der Waals surface area contributed by atoms with E-state index in [1.54, 1.807) is 6.07 Å². The summed E-state index contributed by atoms with van der Waals surface area (Å²) in [6.45, 7) is 0.874. The summed E-state index contributed by atoms with van der Waals surface area (Å²) in [5.74, 6) is 0.836. The lowest BCUT2D eigenvalue weighted by atomic mass is 10.1. The van der Waals surface area contributed by atoms with Crippen LogP contribution in [0.2, 0.25) is 0 Å². The zero-order chi connectivity index (χ0) is 15.0. The van der Waals surface area contributed by atoms with Crippen LogP contribution < -0.4 is 5.73 Å². The Morgan fingerprint density at radius 1 is 1.33 bits per heavy atom. The van der Waals surface area contributed by atoms with Crippen LogP contribution in [0.25, 0.3) is 0 Å². The number of benzene rings is 1. The molecular formula is C15H16F3N3. The molecule has 0 aliphatic carbocycles. The Bertz CT molecular complexity index is 646. The lowest BCUT2D eigenvalue weighted by Gasteiger charge is -2.19. The molecule has 3 rings (SSSR count). The third kappa shape index (κ3) is 2.95. The summed E-state index contributed by atoms with van der Waals surface area (Å²) in [6.07, 6.45) is -0.120. The minimum atomic E-state index is -4.31. The van der Waals surface area contributed by atoms with Crippen LogP contribution in [0, 0.1) is 0 Å². The molecule has 1 aliphatic rings. The van der Waals surface area contributed by atoms with E-state index < -0.39 is 11.7 Å². The van der Waals surface area contributed by atoms with Crippen molar-refractivity contribution in [2.45, 2.75) is 38.0 Å². The lowest BCUT2D eigenvalue weighted by Crippen LogP contribution is -2.21. The minimum Gasteiger partial charge on any atom is -0.333 e. The molecule has 112 valence electrons. The first-order valence-corrected chi connectivity index (χ1v) is 6.91. The molecule has 0 fully saturated rings. The van der Waals surface area contributed by atoms with Crippen molar-refractivity contribution >= 4 is 0 Å². The molecular weight excluding hydrogens is 279 g/mol.